The maximum atomic E-state index is 9.70. The molecular weight excluding hydrogens is 318 g/mol. The first-order valence-corrected chi connectivity index (χ1v) is 8.97. The summed E-state index contributed by atoms with van der Waals surface area (Å²) in [5, 5.41) is 14.5. The van der Waals surface area contributed by atoms with Gasteiger partial charge in [0.25, 0.3) is 0 Å². The summed E-state index contributed by atoms with van der Waals surface area (Å²) in [6.45, 7) is 5.90. The van der Waals surface area contributed by atoms with E-state index in [-0.39, 0.29) is 6.04 Å². The molecule has 0 spiro atoms. The maximum absolute atomic E-state index is 9.70. The number of ether oxygens (including phenoxy) is 2. The number of H-pyrrole nitrogens is 1. The summed E-state index contributed by atoms with van der Waals surface area (Å²) in [7, 11) is 0. The summed E-state index contributed by atoms with van der Waals surface area (Å²) in [5.41, 5.74) is 4.25. The molecule has 0 saturated carbocycles. The van der Waals surface area contributed by atoms with Gasteiger partial charge in [-0.15, -0.1) is 0 Å². The van der Waals surface area contributed by atoms with E-state index in [1.165, 1.54) is 5.56 Å². The van der Waals surface area contributed by atoms with Crippen LogP contribution < -0.4 is 5.32 Å². The van der Waals surface area contributed by atoms with Crippen molar-refractivity contribution in [2.75, 3.05) is 25.1 Å². The summed E-state index contributed by atoms with van der Waals surface area (Å²) in [4.78, 5) is 7.95. The first-order chi connectivity index (χ1) is 12.1. The standard InChI is InChI=1S/C19H25N3O3/c1-11-7-13-9-16(19-22-17(10-25-19)12(2)23)21-18(13)15(8-11)20-14-3-5-24-6-4-14/h7-9,12,14,17,20-21,23H,3-6,10H2,1-2H3/t12?,17-/m0/s1. The summed E-state index contributed by atoms with van der Waals surface area (Å²) in [6.07, 6.45) is 1.54. The summed E-state index contributed by atoms with van der Waals surface area (Å²) in [5.74, 6) is 0.580. The van der Waals surface area contributed by atoms with E-state index in [4.69, 9.17) is 9.47 Å². The zero-order chi connectivity index (χ0) is 17.4. The molecule has 25 heavy (non-hydrogen) atoms. The van der Waals surface area contributed by atoms with Crippen LogP contribution in [-0.2, 0) is 9.47 Å². The lowest BCUT2D eigenvalue weighted by atomic mass is 10.1. The van der Waals surface area contributed by atoms with E-state index in [0.717, 1.165) is 48.3 Å². The van der Waals surface area contributed by atoms with Crippen molar-refractivity contribution in [3.8, 4) is 0 Å². The van der Waals surface area contributed by atoms with Crippen molar-refractivity contribution in [3.63, 3.8) is 0 Å². The minimum atomic E-state index is -0.505. The van der Waals surface area contributed by atoms with Crippen LogP contribution >= 0.6 is 0 Å². The predicted octanol–water partition coefficient (Wildman–Crippen LogP) is 2.59. The molecule has 6 nitrogen and oxygen atoms in total. The Bertz CT molecular complexity index is 791. The van der Waals surface area contributed by atoms with Gasteiger partial charge < -0.3 is 24.9 Å². The van der Waals surface area contributed by atoms with Crippen molar-refractivity contribution in [1.82, 2.24) is 4.98 Å². The molecule has 2 atom stereocenters. The second kappa shape index (κ2) is 6.69. The van der Waals surface area contributed by atoms with Crippen LogP contribution in [0.1, 0.15) is 31.0 Å². The van der Waals surface area contributed by atoms with E-state index < -0.39 is 6.10 Å². The SMILES string of the molecule is Cc1cc(NC2CCOCC2)c2[nH]c(C3=N[C@H](C(C)O)CO3)cc2c1. The van der Waals surface area contributed by atoms with E-state index >= 15 is 0 Å². The number of aliphatic hydroxyl groups excluding tert-OH is 1. The van der Waals surface area contributed by atoms with Crippen LogP contribution in [-0.4, -0.2) is 54.0 Å². The third-order valence-corrected chi connectivity index (χ3v) is 4.91. The fourth-order valence-corrected chi connectivity index (χ4v) is 3.47. The Labute approximate surface area is 147 Å². The van der Waals surface area contributed by atoms with Gasteiger partial charge in [-0.3, -0.25) is 0 Å². The Morgan fingerprint density at radius 2 is 2.08 bits per heavy atom. The average molecular weight is 343 g/mol. The highest BCUT2D eigenvalue weighted by atomic mass is 16.5. The van der Waals surface area contributed by atoms with Gasteiger partial charge in [0.2, 0.25) is 5.90 Å². The smallest absolute Gasteiger partial charge is 0.233 e. The minimum absolute atomic E-state index is 0.192. The van der Waals surface area contributed by atoms with E-state index in [9.17, 15) is 5.11 Å². The molecule has 0 aliphatic carbocycles. The number of aryl methyl sites for hydroxylation is 1. The number of rotatable bonds is 4. The van der Waals surface area contributed by atoms with Crippen molar-refractivity contribution < 1.29 is 14.6 Å². The predicted molar refractivity (Wildman–Crippen MR) is 98.5 cm³/mol. The number of aliphatic hydroxyl groups is 1. The maximum Gasteiger partial charge on any atom is 0.233 e. The van der Waals surface area contributed by atoms with Gasteiger partial charge in [0.15, 0.2) is 0 Å². The Hall–Kier alpha value is -2.05. The van der Waals surface area contributed by atoms with Gasteiger partial charge in [-0.2, -0.15) is 0 Å². The van der Waals surface area contributed by atoms with Gasteiger partial charge in [0.05, 0.1) is 17.3 Å². The molecule has 3 N–H and O–H groups in total. The fourth-order valence-electron chi connectivity index (χ4n) is 3.47. The second-order valence-electron chi connectivity index (χ2n) is 7.04. The Kier molecular flexibility index (Phi) is 4.39. The molecule has 2 aliphatic rings. The van der Waals surface area contributed by atoms with E-state index in [0.29, 0.717) is 18.5 Å². The molecule has 2 aliphatic heterocycles. The summed E-state index contributed by atoms with van der Waals surface area (Å²) in [6, 6.07) is 6.65. The van der Waals surface area contributed by atoms with E-state index in [1.807, 2.05) is 0 Å². The monoisotopic (exact) mass is 343 g/mol. The quantitative estimate of drug-likeness (QED) is 0.797. The molecule has 0 radical (unpaired) electrons. The van der Waals surface area contributed by atoms with Gasteiger partial charge in [-0.25, -0.2) is 4.99 Å². The number of fused-ring (bicyclic) bond motifs is 1. The molecule has 134 valence electrons. The molecule has 3 heterocycles. The molecular formula is C19H25N3O3. The lowest BCUT2D eigenvalue weighted by Gasteiger charge is -2.24. The fraction of sp³-hybridized carbons (Fsp3) is 0.526. The number of hydrogen-bond donors (Lipinski definition) is 3. The van der Waals surface area contributed by atoms with Crippen LogP contribution in [0.4, 0.5) is 5.69 Å². The number of hydrogen-bond acceptors (Lipinski definition) is 5. The van der Waals surface area contributed by atoms with Gasteiger partial charge in [-0.1, -0.05) is 0 Å². The largest absolute Gasteiger partial charge is 0.474 e. The van der Waals surface area contributed by atoms with Crippen molar-refractivity contribution >= 4 is 22.5 Å². The molecule has 0 amide bonds. The molecule has 1 fully saturated rings. The lowest BCUT2D eigenvalue weighted by Crippen LogP contribution is -2.27. The Morgan fingerprint density at radius 3 is 2.80 bits per heavy atom. The van der Waals surface area contributed by atoms with Gasteiger partial charge >= 0.3 is 0 Å². The number of aromatic nitrogens is 1. The number of aliphatic imine (C=N–C) groups is 1. The van der Waals surface area contributed by atoms with Crippen molar-refractivity contribution in [2.45, 2.75) is 44.9 Å². The average Bonchev–Trinajstić information content (AvgIpc) is 3.22. The topological polar surface area (TPSA) is 78.9 Å². The van der Waals surface area contributed by atoms with Crippen LogP contribution in [0.3, 0.4) is 0 Å². The van der Waals surface area contributed by atoms with Crippen LogP contribution in [0.15, 0.2) is 23.2 Å². The third-order valence-electron chi connectivity index (χ3n) is 4.91. The van der Waals surface area contributed by atoms with Crippen LogP contribution in [0.2, 0.25) is 0 Å². The van der Waals surface area contributed by atoms with Gasteiger partial charge in [0.1, 0.15) is 18.3 Å². The van der Waals surface area contributed by atoms with Crippen LogP contribution in [0, 0.1) is 6.92 Å². The molecule has 1 saturated heterocycles. The van der Waals surface area contributed by atoms with Crippen molar-refractivity contribution in [2.24, 2.45) is 4.99 Å². The zero-order valence-electron chi connectivity index (χ0n) is 14.7. The van der Waals surface area contributed by atoms with Crippen LogP contribution in [0.5, 0.6) is 0 Å². The summed E-state index contributed by atoms with van der Waals surface area (Å²) >= 11 is 0. The van der Waals surface area contributed by atoms with E-state index in [2.05, 4.69) is 40.4 Å². The molecule has 6 heteroatoms. The molecule has 1 aromatic heterocycles. The highest BCUT2D eigenvalue weighted by Gasteiger charge is 2.25. The number of aromatic amines is 1. The highest BCUT2D eigenvalue weighted by molar-refractivity contribution is 6.02. The number of nitrogens with zero attached hydrogens (tertiary/aromatic N) is 1. The van der Waals surface area contributed by atoms with Gasteiger partial charge in [-0.05, 0) is 50.5 Å². The third kappa shape index (κ3) is 3.37. The highest BCUT2D eigenvalue weighted by Crippen LogP contribution is 2.29. The molecule has 0 bridgehead atoms. The Balaban J connectivity index is 1.65. The van der Waals surface area contributed by atoms with Crippen molar-refractivity contribution in [3.05, 3.63) is 29.5 Å². The zero-order valence-corrected chi connectivity index (χ0v) is 14.7. The first-order valence-electron chi connectivity index (χ1n) is 8.97. The number of anilines is 1. The summed E-state index contributed by atoms with van der Waals surface area (Å²) < 4.78 is 11.1. The molecule has 2 aromatic rings. The van der Waals surface area contributed by atoms with Crippen LogP contribution in [0.25, 0.3) is 10.9 Å². The second-order valence-corrected chi connectivity index (χ2v) is 7.04. The molecule has 1 unspecified atom stereocenters. The first kappa shape index (κ1) is 16.4. The molecule has 4 rings (SSSR count). The number of benzene rings is 1. The molecule has 1 aromatic carbocycles. The lowest BCUT2D eigenvalue weighted by molar-refractivity contribution is 0.0905. The van der Waals surface area contributed by atoms with Gasteiger partial charge in [0, 0.05) is 24.6 Å². The number of nitrogens with one attached hydrogen (secondary N) is 2. The normalized spacial score (nSPS) is 22.7. The van der Waals surface area contributed by atoms with Crippen molar-refractivity contribution in [1.29, 1.82) is 0 Å². The Morgan fingerprint density at radius 1 is 1.28 bits per heavy atom. The minimum Gasteiger partial charge on any atom is -0.474 e. The van der Waals surface area contributed by atoms with E-state index in [1.54, 1.807) is 6.92 Å².